The SMILES string of the molecule is CC(C)OCCNCC(O)C(C)C. The summed E-state index contributed by atoms with van der Waals surface area (Å²) < 4.78 is 5.34. The van der Waals surface area contributed by atoms with Crippen molar-refractivity contribution in [3.8, 4) is 0 Å². The number of aliphatic hydroxyl groups excluding tert-OH is 1. The Kier molecular flexibility index (Phi) is 7.23. The van der Waals surface area contributed by atoms with Crippen molar-refractivity contribution in [3.63, 3.8) is 0 Å². The van der Waals surface area contributed by atoms with Gasteiger partial charge in [0.25, 0.3) is 0 Å². The van der Waals surface area contributed by atoms with Crippen LogP contribution in [0, 0.1) is 5.92 Å². The van der Waals surface area contributed by atoms with E-state index < -0.39 is 0 Å². The second-order valence-electron chi connectivity index (χ2n) is 3.94. The van der Waals surface area contributed by atoms with Crippen molar-refractivity contribution in [2.24, 2.45) is 5.92 Å². The highest BCUT2D eigenvalue weighted by molar-refractivity contribution is 4.62. The number of hydrogen-bond donors (Lipinski definition) is 2. The van der Waals surface area contributed by atoms with E-state index in [1.165, 1.54) is 0 Å². The first-order chi connectivity index (χ1) is 6.04. The molecule has 0 aromatic heterocycles. The molecule has 0 fully saturated rings. The second kappa shape index (κ2) is 7.30. The van der Waals surface area contributed by atoms with Gasteiger partial charge in [-0.1, -0.05) is 13.8 Å². The molecule has 0 bridgehead atoms. The fourth-order valence-electron chi connectivity index (χ4n) is 0.852. The smallest absolute Gasteiger partial charge is 0.0687 e. The average molecular weight is 189 g/mol. The van der Waals surface area contributed by atoms with E-state index in [2.05, 4.69) is 5.32 Å². The van der Waals surface area contributed by atoms with Crippen LogP contribution in [0.15, 0.2) is 0 Å². The third-order valence-electron chi connectivity index (χ3n) is 1.85. The highest BCUT2D eigenvalue weighted by Gasteiger charge is 2.07. The van der Waals surface area contributed by atoms with Crippen molar-refractivity contribution >= 4 is 0 Å². The van der Waals surface area contributed by atoms with Crippen LogP contribution in [0.25, 0.3) is 0 Å². The lowest BCUT2D eigenvalue weighted by Gasteiger charge is -2.15. The Bertz CT molecular complexity index is 115. The average Bonchev–Trinajstić information content (AvgIpc) is 2.02. The van der Waals surface area contributed by atoms with E-state index in [9.17, 15) is 5.11 Å². The molecule has 3 nitrogen and oxygen atoms in total. The summed E-state index contributed by atoms with van der Waals surface area (Å²) in [6, 6.07) is 0. The molecule has 0 heterocycles. The fraction of sp³-hybridized carbons (Fsp3) is 1.00. The largest absolute Gasteiger partial charge is 0.392 e. The van der Waals surface area contributed by atoms with Gasteiger partial charge in [-0.3, -0.25) is 0 Å². The molecule has 1 atom stereocenters. The number of ether oxygens (including phenoxy) is 1. The van der Waals surface area contributed by atoms with E-state index in [4.69, 9.17) is 4.74 Å². The monoisotopic (exact) mass is 189 g/mol. The summed E-state index contributed by atoms with van der Waals surface area (Å²) in [6.07, 6.45) is 0.0378. The minimum absolute atomic E-state index is 0.251. The number of aliphatic hydroxyl groups is 1. The Morgan fingerprint density at radius 1 is 1.23 bits per heavy atom. The lowest BCUT2D eigenvalue weighted by atomic mass is 10.1. The highest BCUT2D eigenvalue weighted by atomic mass is 16.5. The molecule has 80 valence electrons. The molecule has 0 aromatic carbocycles. The zero-order valence-corrected chi connectivity index (χ0v) is 9.21. The molecular formula is C10H23NO2. The highest BCUT2D eigenvalue weighted by Crippen LogP contribution is 1.98. The molecular weight excluding hydrogens is 166 g/mol. The van der Waals surface area contributed by atoms with Crippen LogP contribution >= 0.6 is 0 Å². The molecule has 2 N–H and O–H groups in total. The third kappa shape index (κ3) is 8.22. The molecule has 0 aliphatic heterocycles. The van der Waals surface area contributed by atoms with E-state index in [-0.39, 0.29) is 12.2 Å². The molecule has 1 unspecified atom stereocenters. The van der Waals surface area contributed by atoms with Gasteiger partial charge in [-0.2, -0.15) is 0 Å². The number of hydrogen-bond acceptors (Lipinski definition) is 3. The summed E-state index contributed by atoms with van der Waals surface area (Å²) in [7, 11) is 0. The van der Waals surface area contributed by atoms with Crippen LogP contribution in [0.5, 0.6) is 0 Å². The van der Waals surface area contributed by atoms with Gasteiger partial charge in [0.2, 0.25) is 0 Å². The Balaban J connectivity index is 3.16. The Hall–Kier alpha value is -0.120. The fourth-order valence-corrected chi connectivity index (χ4v) is 0.852. The van der Waals surface area contributed by atoms with Gasteiger partial charge in [0, 0.05) is 13.1 Å². The molecule has 0 aliphatic rings. The van der Waals surface area contributed by atoms with Gasteiger partial charge in [0.15, 0.2) is 0 Å². The Morgan fingerprint density at radius 3 is 2.31 bits per heavy atom. The van der Waals surface area contributed by atoms with Gasteiger partial charge >= 0.3 is 0 Å². The normalized spacial score (nSPS) is 14.1. The minimum atomic E-state index is -0.251. The maximum Gasteiger partial charge on any atom is 0.0687 e. The molecule has 0 spiro atoms. The van der Waals surface area contributed by atoms with E-state index in [0.717, 1.165) is 6.54 Å². The molecule has 3 heteroatoms. The van der Waals surface area contributed by atoms with E-state index in [1.807, 2.05) is 27.7 Å². The van der Waals surface area contributed by atoms with Gasteiger partial charge in [-0.05, 0) is 19.8 Å². The van der Waals surface area contributed by atoms with Crippen molar-refractivity contribution in [1.82, 2.24) is 5.32 Å². The third-order valence-corrected chi connectivity index (χ3v) is 1.85. The summed E-state index contributed by atoms with van der Waals surface area (Å²) in [5.41, 5.74) is 0. The van der Waals surface area contributed by atoms with Gasteiger partial charge in [-0.25, -0.2) is 0 Å². The second-order valence-corrected chi connectivity index (χ2v) is 3.94. The topological polar surface area (TPSA) is 41.5 Å². The maximum atomic E-state index is 9.43. The van der Waals surface area contributed by atoms with Gasteiger partial charge in [-0.15, -0.1) is 0 Å². The van der Waals surface area contributed by atoms with Crippen LogP contribution in [-0.2, 0) is 4.74 Å². The van der Waals surface area contributed by atoms with Crippen LogP contribution in [0.2, 0.25) is 0 Å². The van der Waals surface area contributed by atoms with E-state index in [0.29, 0.717) is 19.1 Å². The molecule has 0 saturated heterocycles. The summed E-state index contributed by atoms with van der Waals surface area (Å²) >= 11 is 0. The molecule has 0 aromatic rings. The summed E-state index contributed by atoms with van der Waals surface area (Å²) in [6.45, 7) is 10.2. The molecule has 0 rings (SSSR count). The van der Waals surface area contributed by atoms with E-state index >= 15 is 0 Å². The van der Waals surface area contributed by atoms with Crippen molar-refractivity contribution in [2.45, 2.75) is 39.9 Å². The van der Waals surface area contributed by atoms with E-state index in [1.54, 1.807) is 0 Å². The first-order valence-electron chi connectivity index (χ1n) is 5.04. The Morgan fingerprint density at radius 2 is 1.85 bits per heavy atom. The molecule has 0 radical (unpaired) electrons. The summed E-state index contributed by atoms with van der Waals surface area (Å²) in [5.74, 6) is 0.318. The number of rotatable bonds is 7. The molecule has 0 amide bonds. The van der Waals surface area contributed by atoms with Crippen LogP contribution in [0.3, 0.4) is 0 Å². The molecule has 0 aliphatic carbocycles. The van der Waals surface area contributed by atoms with Crippen molar-refractivity contribution in [1.29, 1.82) is 0 Å². The van der Waals surface area contributed by atoms with Crippen LogP contribution in [0.1, 0.15) is 27.7 Å². The Labute approximate surface area is 81.5 Å². The molecule has 0 saturated carbocycles. The summed E-state index contributed by atoms with van der Waals surface area (Å²) in [4.78, 5) is 0. The number of nitrogens with one attached hydrogen (secondary N) is 1. The van der Waals surface area contributed by atoms with Gasteiger partial charge in [0.1, 0.15) is 0 Å². The van der Waals surface area contributed by atoms with Crippen molar-refractivity contribution in [3.05, 3.63) is 0 Å². The lowest BCUT2D eigenvalue weighted by molar-refractivity contribution is 0.0751. The van der Waals surface area contributed by atoms with Crippen molar-refractivity contribution < 1.29 is 9.84 Å². The standard InChI is InChI=1S/C10H23NO2/c1-8(2)10(12)7-11-5-6-13-9(3)4/h8-12H,5-7H2,1-4H3. The summed E-state index contributed by atoms with van der Waals surface area (Å²) in [5, 5.41) is 12.6. The molecule has 13 heavy (non-hydrogen) atoms. The lowest BCUT2D eigenvalue weighted by Crippen LogP contribution is -2.32. The quantitative estimate of drug-likeness (QED) is 0.587. The van der Waals surface area contributed by atoms with Crippen molar-refractivity contribution in [2.75, 3.05) is 19.7 Å². The first kappa shape index (κ1) is 12.9. The van der Waals surface area contributed by atoms with Crippen LogP contribution < -0.4 is 5.32 Å². The first-order valence-corrected chi connectivity index (χ1v) is 5.04. The van der Waals surface area contributed by atoms with Crippen LogP contribution in [0.4, 0.5) is 0 Å². The maximum absolute atomic E-state index is 9.43. The predicted molar refractivity (Wildman–Crippen MR) is 54.8 cm³/mol. The van der Waals surface area contributed by atoms with Gasteiger partial charge in [0.05, 0.1) is 18.8 Å². The minimum Gasteiger partial charge on any atom is -0.392 e. The van der Waals surface area contributed by atoms with Gasteiger partial charge < -0.3 is 15.2 Å². The zero-order chi connectivity index (χ0) is 10.3. The van der Waals surface area contributed by atoms with Crippen LogP contribution in [-0.4, -0.2) is 37.0 Å². The zero-order valence-electron chi connectivity index (χ0n) is 9.21. The predicted octanol–water partition coefficient (Wildman–Crippen LogP) is 1.02.